The van der Waals surface area contributed by atoms with Crippen LogP contribution < -0.4 is 5.32 Å². The second-order valence-corrected chi connectivity index (χ2v) is 9.77. The van der Waals surface area contributed by atoms with Gasteiger partial charge in [-0.1, -0.05) is 49.2 Å². The summed E-state index contributed by atoms with van der Waals surface area (Å²) in [5, 5.41) is 12.5. The van der Waals surface area contributed by atoms with Gasteiger partial charge in [-0.2, -0.15) is 18.3 Å². The van der Waals surface area contributed by atoms with E-state index in [0.717, 1.165) is 29.3 Å². The summed E-state index contributed by atoms with van der Waals surface area (Å²) in [6.45, 7) is 1.50. The number of likely N-dealkylation sites (tertiary alicyclic amines) is 1. The standard InChI is InChI=1S/C27H30F3N5O4/c1-35-14-13-20(16-35)25(37)31-21(9-3-2-4-10-22(36)39-26(38)27(28,29)30)24-32-23(33-34-24)19-12-11-17-7-5-6-8-18(17)15-19/h5-8,11-12,15,20-21H,2-4,9-10,13-14,16H2,1H3,(H,31,37)(H,32,33,34)/t20-,21-/m0/s1. The number of benzene rings is 2. The Hall–Kier alpha value is -3.80. The van der Waals surface area contributed by atoms with Gasteiger partial charge in [0.2, 0.25) is 5.91 Å². The Morgan fingerprint density at radius 1 is 1.13 bits per heavy atom. The average Bonchev–Trinajstić information content (AvgIpc) is 3.56. The lowest BCUT2D eigenvalue weighted by Crippen LogP contribution is -2.35. The van der Waals surface area contributed by atoms with Gasteiger partial charge in [0.25, 0.3) is 0 Å². The molecule has 12 heteroatoms. The number of aromatic nitrogens is 3. The van der Waals surface area contributed by atoms with Gasteiger partial charge in [-0.25, -0.2) is 9.78 Å². The van der Waals surface area contributed by atoms with E-state index in [1.165, 1.54) is 0 Å². The maximum Gasteiger partial charge on any atom is 0.491 e. The lowest BCUT2D eigenvalue weighted by molar-refractivity contribution is -0.201. The van der Waals surface area contributed by atoms with Crippen LogP contribution in [0.2, 0.25) is 0 Å². The number of nitrogens with zero attached hydrogens (tertiary/aromatic N) is 3. The zero-order valence-electron chi connectivity index (χ0n) is 21.5. The molecule has 9 nitrogen and oxygen atoms in total. The molecule has 0 spiro atoms. The Morgan fingerprint density at radius 3 is 2.62 bits per heavy atom. The van der Waals surface area contributed by atoms with Crippen molar-refractivity contribution in [2.24, 2.45) is 5.92 Å². The van der Waals surface area contributed by atoms with E-state index in [-0.39, 0.29) is 24.7 Å². The van der Waals surface area contributed by atoms with Crippen molar-refractivity contribution in [1.29, 1.82) is 0 Å². The molecule has 1 fully saturated rings. The van der Waals surface area contributed by atoms with E-state index in [2.05, 4.69) is 30.1 Å². The molecule has 4 rings (SSSR count). The van der Waals surface area contributed by atoms with Crippen LogP contribution >= 0.6 is 0 Å². The summed E-state index contributed by atoms with van der Waals surface area (Å²) in [6, 6.07) is 13.4. The lowest BCUT2D eigenvalue weighted by atomic mass is 10.0. The highest BCUT2D eigenvalue weighted by molar-refractivity contribution is 5.88. The van der Waals surface area contributed by atoms with Crippen molar-refractivity contribution < 1.29 is 32.3 Å². The second-order valence-electron chi connectivity index (χ2n) is 9.77. The van der Waals surface area contributed by atoms with Crippen molar-refractivity contribution in [1.82, 2.24) is 25.4 Å². The summed E-state index contributed by atoms with van der Waals surface area (Å²) in [6.07, 6.45) is -3.05. The van der Waals surface area contributed by atoms with Gasteiger partial charge in [0.05, 0.1) is 12.0 Å². The monoisotopic (exact) mass is 545 g/mol. The van der Waals surface area contributed by atoms with Crippen molar-refractivity contribution in [3.05, 3.63) is 48.3 Å². The fourth-order valence-electron chi connectivity index (χ4n) is 4.61. The number of ether oxygens (including phenoxy) is 1. The first-order valence-electron chi connectivity index (χ1n) is 12.8. The number of amides is 1. The molecule has 1 aliphatic heterocycles. The SMILES string of the molecule is CN1CC[C@H](C(=O)N[C@@H](CCCCCC(=O)OC(=O)C(F)(F)F)c2nc(-c3ccc4ccccc4c3)n[nH]2)C1. The molecule has 2 heterocycles. The lowest BCUT2D eigenvalue weighted by Gasteiger charge is -2.19. The van der Waals surface area contributed by atoms with Crippen molar-refractivity contribution >= 4 is 28.6 Å². The van der Waals surface area contributed by atoms with Crippen LogP contribution in [0.1, 0.15) is 50.4 Å². The number of fused-ring (bicyclic) bond motifs is 1. The Balaban J connectivity index is 1.38. The van der Waals surface area contributed by atoms with Gasteiger partial charge in [0.15, 0.2) is 5.82 Å². The summed E-state index contributed by atoms with van der Waals surface area (Å²) in [7, 11) is 1.96. The Labute approximate surface area is 223 Å². The molecule has 1 aliphatic rings. The molecule has 1 saturated heterocycles. The molecule has 0 radical (unpaired) electrons. The molecular formula is C27H30F3N5O4. The van der Waals surface area contributed by atoms with Gasteiger partial charge in [-0.15, -0.1) is 0 Å². The number of alkyl halides is 3. The quantitative estimate of drug-likeness (QED) is 0.221. The van der Waals surface area contributed by atoms with Crippen molar-refractivity contribution in [3.8, 4) is 11.4 Å². The van der Waals surface area contributed by atoms with E-state index in [0.29, 0.717) is 37.5 Å². The van der Waals surface area contributed by atoms with Gasteiger partial charge < -0.3 is 15.0 Å². The number of H-pyrrole nitrogens is 1. The van der Waals surface area contributed by atoms with E-state index in [4.69, 9.17) is 0 Å². The maximum absolute atomic E-state index is 13.0. The summed E-state index contributed by atoms with van der Waals surface area (Å²) in [5.74, 6) is -2.97. The minimum absolute atomic E-state index is 0.0813. The number of carbonyl (C=O) groups excluding carboxylic acids is 3. The molecular weight excluding hydrogens is 515 g/mol. The smallest absolute Gasteiger partial charge is 0.386 e. The second kappa shape index (κ2) is 12.4. The molecule has 39 heavy (non-hydrogen) atoms. The van der Waals surface area contributed by atoms with Gasteiger partial charge in [0.1, 0.15) is 5.82 Å². The Morgan fingerprint density at radius 2 is 1.90 bits per heavy atom. The number of rotatable bonds is 10. The van der Waals surface area contributed by atoms with Gasteiger partial charge in [-0.3, -0.25) is 14.7 Å². The third-order valence-electron chi connectivity index (χ3n) is 6.73. The molecule has 0 bridgehead atoms. The number of hydrogen-bond acceptors (Lipinski definition) is 7. The highest BCUT2D eigenvalue weighted by Crippen LogP contribution is 2.25. The summed E-state index contributed by atoms with van der Waals surface area (Å²) < 4.78 is 40.5. The number of unbranched alkanes of at least 4 members (excludes halogenated alkanes) is 2. The van der Waals surface area contributed by atoms with Crippen LogP contribution in [-0.4, -0.2) is 64.2 Å². The molecule has 1 aromatic heterocycles. The summed E-state index contributed by atoms with van der Waals surface area (Å²) in [5.41, 5.74) is 0.825. The first-order chi connectivity index (χ1) is 18.6. The third-order valence-corrected chi connectivity index (χ3v) is 6.73. The molecule has 2 atom stereocenters. The molecule has 3 aromatic rings. The van der Waals surface area contributed by atoms with E-state index >= 15 is 0 Å². The Bertz CT molecular complexity index is 1330. The number of esters is 2. The maximum atomic E-state index is 13.0. The van der Waals surface area contributed by atoms with Crippen LogP contribution in [0.3, 0.4) is 0 Å². The highest BCUT2D eigenvalue weighted by atomic mass is 19.4. The van der Waals surface area contributed by atoms with Crippen LogP contribution in [0.5, 0.6) is 0 Å². The normalized spacial score (nSPS) is 16.8. The number of nitrogens with one attached hydrogen (secondary N) is 2. The van der Waals surface area contributed by atoms with Gasteiger partial charge >= 0.3 is 18.1 Å². The van der Waals surface area contributed by atoms with Crippen molar-refractivity contribution in [2.75, 3.05) is 20.1 Å². The fourth-order valence-corrected chi connectivity index (χ4v) is 4.61. The number of halogens is 3. The predicted molar refractivity (Wildman–Crippen MR) is 136 cm³/mol. The number of aromatic amines is 1. The van der Waals surface area contributed by atoms with Gasteiger partial charge in [-0.05, 0) is 49.7 Å². The largest absolute Gasteiger partial charge is 0.491 e. The summed E-state index contributed by atoms with van der Waals surface area (Å²) >= 11 is 0. The molecule has 2 N–H and O–H groups in total. The van der Waals surface area contributed by atoms with E-state index in [1.807, 2.05) is 49.5 Å². The molecule has 0 saturated carbocycles. The Kier molecular flexibility index (Phi) is 8.95. The molecule has 0 unspecified atom stereocenters. The molecule has 208 valence electrons. The molecule has 2 aromatic carbocycles. The van der Waals surface area contributed by atoms with Crippen LogP contribution in [-0.2, 0) is 19.1 Å². The van der Waals surface area contributed by atoms with Crippen LogP contribution in [0.25, 0.3) is 22.2 Å². The first-order valence-corrected chi connectivity index (χ1v) is 12.8. The van der Waals surface area contributed by atoms with Gasteiger partial charge in [0, 0.05) is 18.5 Å². The molecule has 1 amide bonds. The van der Waals surface area contributed by atoms with Crippen molar-refractivity contribution in [3.63, 3.8) is 0 Å². The summed E-state index contributed by atoms with van der Waals surface area (Å²) in [4.78, 5) is 42.0. The first kappa shape index (κ1) is 28.2. The van der Waals surface area contributed by atoms with Crippen molar-refractivity contribution in [2.45, 2.75) is 50.7 Å². The van der Waals surface area contributed by atoms with E-state index in [9.17, 15) is 27.6 Å². The number of hydrogen-bond donors (Lipinski definition) is 2. The number of carbonyl (C=O) groups is 3. The topological polar surface area (TPSA) is 117 Å². The highest BCUT2D eigenvalue weighted by Gasteiger charge is 2.42. The third kappa shape index (κ3) is 7.62. The van der Waals surface area contributed by atoms with Crippen LogP contribution in [0, 0.1) is 5.92 Å². The predicted octanol–water partition coefficient (Wildman–Crippen LogP) is 4.32. The van der Waals surface area contributed by atoms with E-state index < -0.39 is 24.2 Å². The van der Waals surface area contributed by atoms with Crippen LogP contribution in [0.15, 0.2) is 42.5 Å². The average molecular weight is 546 g/mol. The molecule has 0 aliphatic carbocycles. The minimum atomic E-state index is -5.21. The fraction of sp³-hybridized carbons (Fsp3) is 0.444. The zero-order chi connectivity index (χ0) is 28.0. The van der Waals surface area contributed by atoms with Crippen LogP contribution in [0.4, 0.5) is 13.2 Å². The minimum Gasteiger partial charge on any atom is -0.386 e. The van der Waals surface area contributed by atoms with E-state index in [1.54, 1.807) is 0 Å². The zero-order valence-corrected chi connectivity index (χ0v) is 21.5.